The van der Waals surface area contributed by atoms with Crippen molar-refractivity contribution in [1.29, 1.82) is 0 Å². The molecule has 5 nitrogen and oxygen atoms in total. The summed E-state index contributed by atoms with van der Waals surface area (Å²) in [6.45, 7) is 2.02. The molecule has 0 fully saturated rings. The first-order valence-corrected chi connectivity index (χ1v) is 9.23. The SMILES string of the molecule is CCc1cccc(NC(=O)c2cc(Cl)ccc2NS(C)(=O)=O)c1. The van der Waals surface area contributed by atoms with Crippen molar-refractivity contribution in [2.24, 2.45) is 0 Å². The highest BCUT2D eigenvalue weighted by molar-refractivity contribution is 7.92. The van der Waals surface area contributed by atoms with Gasteiger partial charge in [0.05, 0.1) is 17.5 Å². The summed E-state index contributed by atoms with van der Waals surface area (Å²) < 4.78 is 25.2. The highest BCUT2D eigenvalue weighted by Crippen LogP contribution is 2.23. The number of rotatable bonds is 5. The van der Waals surface area contributed by atoms with E-state index in [1.807, 2.05) is 25.1 Å². The van der Waals surface area contributed by atoms with Crippen LogP contribution in [-0.4, -0.2) is 20.6 Å². The Morgan fingerprint density at radius 3 is 2.57 bits per heavy atom. The molecule has 0 radical (unpaired) electrons. The summed E-state index contributed by atoms with van der Waals surface area (Å²) in [7, 11) is -3.50. The van der Waals surface area contributed by atoms with E-state index in [0.29, 0.717) is 10.7 Å². The van der Waals surface area contributed by atoms with Crippen LogP contribution in [0.15, 0.2) is 42.5 Å². The molecule has 0 aliphatic carbocycles. The van der Waals surface area contributed by atoms with E-state index in [1.54, 1.807) is 6.07 Å². The molecule has 0 atom stereocenters. The molecule has 2 N–H and O–H groups in total. The average molecular weight is 353 g/mol. The van der Waals surface area contributed by atoms with E-state index in [2.05, 4.69) is 10.0 Å². The first-order chi connectivity index (χ1) is 10.8. The summed E-state index contributed by atoms with van der Waals surface area (Å²) in [6, 6.07) is 11.9. The Bertz CT molecular complexity index is 835. The Balaban J connectivity index is 2.32. The topological polar surface area (TPSA) is 75.3 Å². The number of aryl methyl sites for hydroxylation is 1. The van der Waals surface area contributed by atoms with Crippen molar-refractivity contribution >= 4 is 38.9 Å². The van der Waals surface area contributed by atoms with Crippen LogP contribution in [0.4, 0.5) is 11.4 Å². The Labute approximate surface area is 140 Å². The molecule has 0 aliphatic heterocycles. The normalized spacial score (nSPS) is 11.1. The molecule has 0 unspecified atom stereocenters. The summed E-state index contributed by atoms with van der Waals surface area (Å²) in [5.74, 6) is -0.438. The van der Waals surface area contributed by atoms with Crippen LogP contribution in [0.1, 0.15) is 22.8 Å². The number of hydrogen-bond acceptors (Lipinski definition) is 3. The van der Waals surface area contributed by atoms with Gasteiger partial charge in [0.25, 0.3) is 5.91 Å². The van der Waals surface area contributed by atoms with Crippen LogP contribution >= 0.6 is 11.6 Å². The fourth-order valence-electron chi connectivity index (χ4n) is 2.06. The van der Waals surface area contributed by atoms with E-state index in [0.717, 1.165) is 18.2 Å². The number of carbonyl (C=O) groups excluding carboxylic acids is 1. The molecule has 122 valence electrons. The number of carbonyl (C=O) groups is 1. The van der Waals surface area contributed by atoms with Gasteiger partial charge in [-0.1, -0.05) is 30.7 Å². The molecule has 2 aromatic carbocycles. The van der Waals surface area contributed by atoms with Gasteiger partial charge in [0.1, 0.15) is 0 Å². The molecule has 7 heteroatoms. The number of halogens is 1. The Morgan fingerprint density at radius 1 is 1.17 bits per heavy atom. The third kappa shape index (κ3) is 4.97. The standard InChI is InChI=1S/C16H17ClN2O3S/c1-3-11-5-4-6-13(9-11)18-16(20)14-10-12(17)7-8-15(14)19-23(2,21)22/h4-10,19H,3H2,1-2H3,(H,18,20). The maximum absolute atomic E-state index is 12.5. The molecular weight excluding hydrogens is 336 g/mol. The van der Waals surface area contributed by atoms with Crippen molar-refractivity contribution < 1.29 is 13.2 Å². The second-order valence-corrected chi connectivity index (χ2v) is 7.26. The van der Waals surface area contributed by atoms with Gasteiger partial charge in [-0.15, -0.1) is 0 Å². The van der Waals surface area contributed by atoms with E-state index in [9.17, 15) is 13.2 Å². The molecule has 0 aliphatic rings. The fourth-order valence-corrected chi connectivity index (χ4v) is 2.81. The van der Waals surface area contributed by atoms with Gasteiger partial charge in [0.2, 0.25) is 10.0 Å². The fraction of sp³-hybridized carbons (Fsp3) is 0.188. The van der Waals surface area contributed by atoms with E-state index in [-0.39, 0.29) is 11.3 Å². The van der Waals surface area contributed by atoms with Crippen LogP contribution in [0.25, 0.3) is 0 Å². The zero-order valence-corrected chi connectivity index (χ0v) is 14.3. The van der Waals surface area contributed by atoms with Crippen molar-refractivity contribution in [3.63, 3.8) is 0 Å². The Hall–Kier alpha value is -2.05. The van der Waals surface area contributed by atoms with Crippen molar-refractivity contribution in [3.8, 4) is 0 Å². The summed E-state index contributed by atoms with van der Waals surface area (Å²) in [5.41, 5.74) is 2.06. The summed E-state index contributed by atoms with van der Waals surface area (Å²) in [5, 5.41) is 3.10. The Morgan fingerprint density at radius 2 is 1.91 bits per heavy atom. The van der Waals surface area contributed by atoms with Gasteiger partial charge in [0.15, 0.2) is 0 Å². The zero-order valence-electron chi connectivity index (χ0n) is 12.8. The second-order valence-electron chi connectivity index (χ2n) is 5.07. The predicted molar refractivity (Wildman–Crippen MR) is 93.7 cm³/mol. The molecule has 2 rings (SSSR count). The van der Waals surface area contributed by atoms with Gasteiger partial charge in [-0.2, -0.15) is 0 Å². The molecule has 0 heterocycles. The molecule has 0 saturated heterocycles. The van der Waals surface area contributed by atoms with E-state index in [1.165, 1.54) is 18.2 Å². The molecule has 0 saturated carbocycles. The van der Waals surface area contributed by atoms with Crippen molar-refractivity contribution in [2.45, 2.75) is 13.3 Å². The van der Waals surface area contributed by atoms with Crippen LogP contribution in [0.3, 0.4) is 0 Å². The number of anilines is 2. The lowest BCUT2D eigenvalue weighted by molar-refractivity contribution is 0.102. The number of hydrogen-bond donors (Lipinski definition) is 2. The lowest BCUT2D eigenvalue weighted by atomic mass is 10.1. The summed E-state index contributed by atoms with van der Waals surface area (Å²) in [4.78, 5) is 12.5. The number of amides is 1. The number of benzene rings is 2. The zero-order chi connectivity index (χ0) is 17.0. The maximum atomic E-state index is 12.5. The van der Waals surface area contributed by atoms with Crippen molar-refractivity contribution in [2.75, 3.05) is 16.3 Å². The van der Waals surface area contributed by atoms with Gasteiger partial charge >= 0.3 is 0 Å². The first-order valence-electron chi connectivity index (χ1n) is 6.96. The van der Waals surface area contributed by atoms with E-state index >= 15 is 0 Å². The number of sulfonamides is 1. The maximum Gasteiger partial charge on any atom is 0.257 e. The van der Waals surface area contributed by atoms with E-state index < -0.39 is 15.9 Å². The highest BCUT2D eigenvalue weighted by Gasteiger charge is 2.15. The highest BCUT2D eigenvalue weighted by atomic mass is 35.5. The van der Waals surface area contributed by atoms with Crippen LogP contribution in [0.5, 0.6) is 0 Å². The summed E-state index contributed by atoms with van der Waals surface area (Å²) in [6.07, 6.45) is 1.87. The molecule has 1 amide bonds. The largest absolute Gasteiger partial charge is 0.322 e. The van der Waals surface area contributed by atoms with E-state index in [4.69, 9.17) is 11.6 Å². The van der Waals surface area contributed by atoms with Crippen molar-refractivity contribution in [1.82, 2.24) is 0 Å². The minimum atomic E-state index is -3.50. The molecule has 23 heavy (non-hydrogen) atoms. The molecule has 0 aromatic heterocycles. The molecular formula is C16H17ClN2O3S. The summed E-state index contributed by atoms with van der Waals surface area (Å²) >= 11 is 5.93. The Kier molecular flexibility index (Phi) is 5.28. The van der Waals surface area contributed by atoms with Crippen LogP contribution in [-0.2, 0) is 16.4 Å². The third-order valence-corrected chi connectivity index (χ3v) is 3.94. The van der Waals surface area contributed by atoms with Crippen LogP contribution < -0.4 is 10.0 Å². The average Bonchev–Trinajstić information content (AvgIpc) is 2.48. The van der Waals surface area contributed by atoms with Gasteiger partial charge in [-0.25, -0.2) is 8.42 Å². The monoisotopic (exact) mass is 352 g/mol. The number of nitrogens with one attached hydrogen (secondary N) is 2. The quantitative estimate of drug-likeness (QED) is 0.864. The lowest BCUT2D eigenvalue weighted by Crippen LogP contribution is -2.17. The minimum Gasteiger partial charge on any atom is -0.322 e. The predicted octanol–water partition coefficient (Wildman–Crippen LogP) is 3.53. The van der Waals surface area contributed by atoms with Crippen molar-refractivity contribution in [3.05, 3.63) is 58.6 Å². The molecule has 2 aromatic rings. The first kappa shape index (κ1) is 17.3. The van der Waals surface area contributed by atoms with Crippen LogP contribution in [0, 0.1) is 0 Å². The lowest BCUT2D eigenvalue weighted by Gasteiger charge is -2.12. The molecule has 0 spiro atoms. The molecule has 0 bridgehead atoms. The minimum absolute atomic E-state index is 0.157. The van der Waals surface area contributed by atoms with Gasteiger partial charge in [-0.3, -0.25) is 9.52 Å². The van der Waals surface area contributed by atoms with Crippen LogP contribution in [0.2, 0.25) is 5.02 Å². The second kappa shape index (κ2) is 7.02. The smallest absolute Gasteiger partial charge is 0.257 e. The third-order valence-electron chi connectivity index (χ3n) is 3.11. The van der Waals surface area contributed by atoms with Gasteiger partial charge < -0.3 is 5.32 Å². The van der Waals surface area contributed by atoms with Gasteiger partial charge in [-0.05, 0) is 42.3 Å². The van der Waals surface area contributed by atoms with Gasteiger partial charge in [0, 0.05) is 10.7 Å².